The molecule has 0 amide bonds. The Bertz CT molecular complexity index is 335. The summed E-state index contributed by atoms with van der Waals surface area (Å²) in [5.74, 6) is 0.657. The minimum atomic E-state index is 0.169. The zero-order chi connectivity index (χ0) is 10.0. The molecule has 0 N–H and O–H groups in total. The molecule has 0 atom stereocenters. The summed E-state index contributed by atoms with van der Waals surface area (Å²) in [5, 5.41) is 1.66. The Morgan fingerprint density at radius 3 is 2.77 bits per heavy atom. The molecule has 0 unspecified atom stereocenters. The minimum absolute atomic E-state index is 0.169. The van der Waals surface area contributed by atoms with Crippen LogP contribution >= 0.6 is 23.4 Å². The van der Waals surface area contributed by atoms with Crippen molar-refractivity contribution in [3.8, 4) is 0 Å². The van der Waals surface area contributed by atoms with Crippen LogP contribution in [0.3, 0.4) is 0 Å². The molecule has 1 heterocycles. The van der Waals surface area contributed by atoms with Gasteiger partial charge in [0.2, 0.25) is 5.15 Å². The Morgan fingerprint density at radius 2 is 2.38 bits per heavy atom. The normalized spacial score (nSPS) is 10.5. The molecule has 3 nitrogen and oxygen atoms in total. The lowest BCUT2D eigenvalue weighted by molar-refractivity contribution is -0.709. The average molecular weight is 220 g/mol. The van der Waals surface area contributed by atoms with Gasteiger partial charge < -0.3 is 0 Å². The highest BCUT2D eigenvalue weighted by molar-refractivity contribution is 7.99. The number of carbonyl (C=O) groups excluding carboxylic acids is 1. The number of ketones is 1. The third-order valence-electron chi connectivity index (χ3n) is 1.61. The summed E-state index contributed by atoms with van der Waals surface area (Å²) in [6, 6.07) is 0. The first-order valence-corrected chi connectivity index (χ1v) is 5.22. The molecule has 0 aliphatic rings. The van der Waals surface area contributed by atoms with Crippen molar-refractivity contribution in [1.82, 2.24) is 4.57 Å². The van der Waals surface area contributed by atoms with Gasteiger partial charge in [0, 0.05) is 0 Å². The summed E-state index contributed by atoms with van der Waals surface area (Å²) >= 11 is 7.39. The van der Waals surface area contributed by atoms with Crippen LogP contribution in [0.5, 0.6) is 0 Å². The van der Waals surface area contributed by atoms with Gasteiger partial charge in [-0.1, -0.05) is 0 Å². The minimum Gasteiger partial charge on any atom is -0.299 e. The van der Waals surface area contributed by atoms with Gasteiger partial charge in [-0.05, 0) is 30.3 Å². The molecular weight excluding hydrogens is 208 g/mol. The van der Waals surface area contributed by atoms with Crippen LogP contribution < -0.4 is 4.57 Å². The molecule has 1 aromatic heterocycles. The van der Waals surface area contributed by atoms with Gasteiger partial charge in [-0.2, -0.15) is 0 Å². The molecule has 72 valence electrons. The molecule has 0 bridgehead atoms. The van der Waals surface area contributed by atoms with Crippen LogP contribution in [0.25, 0.3) is 0 Å². The number of Topliss-reactive ketones (excluding diaryl/α,β-unsaturated/α-hetero) is 1. The van der Waals surface area contributed by atoms with Crippen LogP contribution in [0.4, 0.5) is 0 Å². The maximum absolute atomic E-state index is 10.8. The lowest BCUT2D eigenvalue weighted by Crippen LogP contribution is -2.28. The number of aryl methyl sites for hydroxylation is 1. The number of halogens is 1. The fourth-order valence-corrected chi connectivity index (χ4v) is 2.15. The van der Waals surface area contributed by atoms with Gasteiger partial charge in [-0.25, -0.2) is 9.13 Å². The molecule has 5 heteroatoms. The third kappa shape index (κ3) is 2.48. The zero-order valence-electron chi connectivity index (χ0n) is 7.87. The quantitative estimate of drug-likeness (QED) is 0.564. The maximum atomic E-state index is 10.8. The van der Waals surface area contributed by atoms with Crippen molar-refractivity contribution in [1.29, 1.82) is 0 Å². The van der Waals surface area contributed by atoms with Crippen molar-refractivity contribution in [3.05, 3.63) is 11.3 Å². The highest BCUT2D eigenvalue weighted by atomic mass is 35.5. The van der Waals surface area contributed by atoms with Crippen LogP contribution in [-0.4, -0.2) is 16.1 Å². The number of hydrogen-bond acceptors (Lipinski definition) is 2. The average Bonchev–Trinajstić information content (AvgIpc) is 2.24. The first kappa shape index (κ1) is 10.6. The molecule has 0 fully saturated rings. The van der Waals surface area contributed by atoms with E-state index in [1.807, 2.05) is 29.4 Å². The number of imidazole rings is 1. The van der Waals surface area contributed by atoms with E-state index in [1.165, 1.54) is 11.8 Å². The number of nitrogens with zero attached hydrogens (tertiary/aromatic N) is 2. The number of aromatic nitrogens is 2. The molecule has 0 aliphatic heterocycles. The van der Waals surface area contributed by atoms with Crippen molar-refractivity contribution in [3.63, 3.8) is 0 Å². The number of hydrogen-bond donors (Lipinski definition) is 0. The largest absolute Gasteiger partial charge is 0.319 e. The fourth-order valence-electron chi connectivity index (χ4n) is 0.994. The molecular formula is C8H12ClN2OS+. The number of thioether (sulfide) groups is 1. The number of carbonyl (C=O) groups is 1. The molecule has 0 aromatic carbocycles. The Hall–Kier alpha value is -0.480. The van der Waals surface area contributed by atoms with Crippen LogP contribution in [-0.2, 0) is 18.9 Å². The Labute approximate surface area is 86.7 Å². The van der Waals surface area contributed by atoms with E-state index in [0.29, 0.717) is 10.9 Å². The second-order valence-corrected chi connectivity index (χ2v) is 4.22. The van der Waals surface area contributed by atoms with Crippen molar-refractivity contribution < 1.29 is 9.36 Å². The van der Waals surface area contributed by atoms with Gasteiger partial charge in [0.15, 0.2) is 0 Å². The van der Waals surface area contributed by atoms with E-state index in [9.17, 15) is 4.79 Å². The summed E-state index contributed by atoms with van der Waals surface area (Å²) in [7, 11) is 3.79. The van der Waals surface area contributed by atoms with Gasteiger partial charge in [0.25, 0.3) is 0 Å². The summed E-state index contributed by atoms with van der Waals surface area (Å²) in [5.41, 5.74) is 0. The molecule has 0 saturated carbocycles. The summed E-state index contributed by atoms with van der Waals surface area (Å²) < 4.78 is 3.77. The van der Waals surface area contributed by atoms with E-state index in [4.69, 9.17) is 11.6 Å². The van der Waals surface area contributed by atoms with Gasteiger partial charge in [-0.3, -0.25) is 4.79 Å². The van der Waals surface area contributed by atoms with Crippen LogP contribution in [0.15, 0.2) is 11.4 Å². The molecule has 1 aromatic rings. The predicted octanol–water partition coefficient (Wildman–Crippen LogP) is 1.18. The van der Waals surface area contributed by atoms with Crippen molar-refractivity contribution in [2.75, 3.05) is 5.75 Å². The van der Waals surface area contributed by atoms with Crippen LogP contribution in [0.1, 0.15) is 6.92 Å². The fraction of sp³-hybridized carbons (Fsp3) is 0.500. The molecule has 0 saturated heterocycles. The smallest absolute Gasteiger partial charge is 0.299 e. The number of rotatable bonds is 3. The van der Waals surface area contributed by atoms with Gasteiger partial charge in [0.1, 0.15) is 12.0 Å². The van der Waals surface area contributed by atoms with E-state index in [2.05, 4.69) is 0 Å². The first-order chi connectivity index (χ1) is 6.02. The highest BCUT2D eigenvalue weighted by Crippen LogP contribution is 2.17. The monoisotopic (exact) mass is 219 g/mol. The highest BCUT2D eigenvalue weighted by Gasteiger charge is 2.17. The van der Waals surface area contributed by atoms with Crippen LogP contribution in [0.2, 0.25) is 5.15 Å². The summed E-state index contributed by atoms with van der Waals surface area (Å²) in [4.78, 5) is 10.8. The summed E-state index contributed by atoms with van der Waals surface area (Å²) in [6.45, 7) is 1.58. The van der Waals surface area contributed by atoms with Crippen molar-refractivity contribution >= 4 is 29.1 Å². The molecule has 0 radical (unpaired) electrons. The standard InChI is InChI=1S/C8H12ClN2OS/c1-6(12)5-13-8-10(2)4-7(9)11(8)3/h4H,5H2,1-3H3/q+1. The van der Waals surface area contributed by atoms with E-state index in [-0.39, 0.29) is 5.78 Å². The lowest BCUT2D eigenvalue weighted by atomic mass is 10.5. The predicted molar refractivity (Wildman–Crippen MR) is 53.0 cm³/mol. The van der Waals surface area contributed by atoms with E-state index in [0.717, 1.165) is 5.16 Å². The van der Waals surface area contributed by atoms with Crippen molar-refractivity contribution in [2.24, 2.45) is 14.1 Å². The van der Waals surface area contributed by atoms with E-state index >= 15 is 0 Å². The van der Waals surface area contributed by atoms with E-state index < -0.39 is 0 Å². The molecule has 0 spiro atoms. The first-order valence-electron chi connectivity index (χ1n) is 3.85. The third-order valence-corrected chi connectivity index (χ3v) is 3.34. The molecule has 1 rings (SSSR count). The van der Waals surface area contributed by atoms with Gasteiger partial charge in [-0.15, -0.1) is 0 Å². The topological polar surface area (TPSA) is 25.9 Å². The van der Waals surface area contributed by atoms with Gasteiger partial charge >= 0.3 is 5.16 Å². The summed E-state index contributed by atoms with van der Waals surface area (Å²) in [6.07, 6.45) is 1.82. The Kier molecular flexibility index (Phi) is 3.39. The van der Waals surface area contributed by atoms with Crippen LogP contribution in [0, 0.1) is 0 Å². The van der Waals surface area contributed by atoms with Gasteiger partial charge in [0.05, 0.1) is 19.8 Å². The maximum Gasteiger partial charge on any atom is 0.319 e. The van der Waals surface area contributed by atoms with Crippen molar-refractivity contribution in [2.45, 2.75) is 12.1 Å². The molecule has 13 heavy (non-hydrogen) atoms. The SMILES string of the molecule is CC(=O)CSc1n(C)c(Cl)c[n+]1C. The second kappa shape index (κ2) is 4.15. The molecule has 0 aliphatic carbocycles. The zero-order valence-corrected chi connectivity index (χ0v) is 9.45. The Balaban J connectivity index is 2.81. The lowest BCUT2D eigenvalue weighted by Gasteiger charge is -1.95. The second-order valence-electron chi connectivity index (χ2n) is 2.90. The Morgan fingerprint density at radius 1 is 1.77 bits per heavy atom. The van der Waals surface area contributed by atoms with E-state index in [1.54, 1.807) is 6.92 Å².